The van der Waals surface area contributed by atoms with Gasteiger partial charge in [-0.2, -0.15) is 5.26 Å². The van der Waals surface area contributed by atoms with Crippen molar-refractivity contribution in [1.29, 1.82) is 5.26 Å². The SMILES string of the molecule is N#CCc1ccc(Nc2ncnc(NN)c2[N+](=O)[O-])cc1. The van der Waals surface area contributed by atoms with E-state index in [2.05, 4.69) is 20.7 Å². The van der Waals surface area contributed by atoms with Gasteiger partial charge in [0.1, 0.15) is 6.33 Å². The zero-order chi connectivity index (χ0) is 15.2. The summed E-state index contributed by atoms with van der Waals surface area (Å²) in [5.41, 5.74) is 3.26. The van der Waals surface area contributed by atoms with E-state index in [1.54, 1.807) is 24.3 Å². The van der Waals surface area contributed by atoms with Gasteiger partial charge in [0.05, 0.1) is 17.4 Å². The van der Waals surface area contributed by atoms with Crippen molar-refractivity contribution in [2.24, 2.45) is 5.84 Å². The molecule has 0 saturated carbocycles. The molecule has 1 aromatic carbocycles. The Bertz CT molecular complexity index is 694. The largest absolute Gasteiger partial charge is 0.354 e. The highest BCUT2D eigenvalue weighted by atomic mass is 16.6. The smallest absolute Gasteiger partial charge is 0.334 e. The van der Waals surface area contributed by atoms with Crippen molar-refractivity contribution in [3.63, 3.8) is 0 Å². The Morgan fingerprint density at radius 1 is 1.29 bits per heavy atom. The van der Waals surface area contributed by atoms with Gasteiger partial charge in [0, 0.05) is 5.69 Å². The number of nitrogens with zero attached hydrogens (tertiary/aromatic N) is 4. The summed E-state index contributed by atoms with van der Waals surface area (Å²) in [4.78, 5) is 18.0. The minimum atomic E-state index is -0.623. The number of nitrogens with one attached hydrogen (secondary N) is 2. The molecule has 106 valence electrons. The fraction of sp³-hybridized carbons (Fsp3) is 0.0833. The lowest BCUT2D eigenvalue weighted by atomic mass is 10.1. The summed E-state index contributed by atoms with van der Waals surface area (Å²) in [5.74, 6) is 5.14. The van der Waals surface area contributed by atoms with Gasteiger partial charge in [0.25, 0.3) is 0 Å². The molecular formula is C12H11N7O2. The van der Waals surface area contributed by atoms with Crippen LogP contribution in [0.15, 0.2) is 30.6 Å². The van der Waals surface area contributed by atoms with Gasteiger partial charge < -0.3 is 10.7 Å². The van der Waals surface area contributed by atoms with E-state index in [0.717, 1.165) is 11.9 Å². The minimum absolute atomic E-state index is 0.0241. The van der Waals surface area contributed by atoms with Crippen LogP contribution in [0.1, 0.15) is 5.56 Å². The molecule has 0 aliphatic carbocycles. The number of nitrogens with two attached hydrogens (primary N) is 1. The number of hydrogen-bond acceptors (Lipinski definition) is 8. The van der Waals surface area contributed by atoms with E-state index >= 15 is 0 Å². The summed E-state index contributed by atoms with van der Waals surface area (Å²) in [6.45, 7) is 0. The maximum absolute atomic E-state index is 11.1. The van der Waals surface area contributed by atoms with Crippen molar-refractivity contribution in [2.45, 2.75) is 6.42 Å². The summed E-state index contributed by atoms with van der Waals surface area (Å²) >= 11 is 0. The van der Waals surface area contributed by atoms with Crippen molar-refractivity contribution < 1.29 is 4.92 Å². The number of hydrazine groups is 1. The first-order valence-electron chi connectivity index (χ1n) is 5.84. The number of nitrogen functional groups attached to an aromatic ring is 1. The maximum atomic E-state index is 11.1. The zero-order valence-corrected chi connectivity index (χ0v) is 10.8. The molecule has 0 atom stereocenters. The lowest BCUT2D eigenvalue weighted by Crippen LogP contribution is -2.12. The Balaban J connectivity index is 2.31. The van der Waals surface area contributed by atoms with E-state index in [4.69, 9.17) is 11.1 Å². The van der Waals surface area contributed by atoms with Gasteiger partial charge >= 0.3 is 5.69 Å². The van der Waals surface area contributed by atoms with E-state index < -0.39 is 4.92 Å². The Kier molecular flexibility index (Phi) is 4.23. The van der Waals surface area contributed by atoms with Crippen molar-refractivity contribution in [3.8, 4) is 6.07 Å². The second-order valence-corrected chi connectivity index (χ2v) is 3.98. The van der Waals surface area contributed by atoms with Gasteiger partial charge in [-0.15, -0.1) is 0 Å². The van der Waals surface area contributed by atoms with Crippen LogP contribution in [0.2, 0.25) is 0 Å². The molecule has 0 bridgehead atoms. The number of anilines is 3. The Hall–Kier alpha value is -3.25. The third-order valence-electron chi connectivity index (χ3n) is 2.64. The summed E-state index contributed by atoms with van der Waals surface area (Å²) in [7, 11) is 0. The molecule has 0 spiro atoms. The van der Waals surface area contributed by atoms with Crippen LogP contribution >= 0.6 is 0 Å². The normalized spacial score (nSPS) is 9.71. The zero-order valence-electron chi connectivity index (χ0n) is 10.8. The molecule has 0 saturated heterocycles. The fourth-order valence-electron chi connectivity index (χ4n) is 1.68. The molecule has 2 rings (SSSR count). The summed E-state index contributed by atoms with van der Waals surface area (Å²) in [6, 6.07) is 8.95. The molecule has 21 heavy (non-hydrogen) atoms. The second kappa shape index (κ2) is 6.27. The number of nitriles is 1. The predicted molar refractivity (Wildman–Crippen MR) is 75.5 cm³/mol. The topological polar surface area (TPSA) is 143 Å². The molecule has 9 nitrogen and oxygen atoms in total. The minimum Gasteiger partial charge on any atom is -0.334 e. The number of hydrogen-bond donors (Lipinski definition) is 3. The van der Waals surface area contributed by atoms with Gasteiger partial charge in [0.2, 0.25) is 11.6 Å². The van der Waals surface area contributed by atoms with Crippen LogP contribution in [-0.2, 0) is 6.42 Å². The number of aromatic nitrogens is 2. The molecule has 4 N–H and O–H groups in total. The average molecular weight is 285 g/mol. The molecule has 2 aromatic rings. The molecule has 0 aliphatic rings. The van der Waals surface area contributed by atoms with Crippen LogP contribution in [0.25, 0.3) is 0 Å². The van der Waals surface area contributed by atoms with E-state index in [0.29, 0.717) is 12.1 Å². The van der Waals surface area contributed by atoms with E-state index in [1.165, 1.54) is 0 Å². The van der Waals surface area contributed by atoms with E-state index in [1.807, 2.05) is 6.07 Å². The molecule has 0 aliphatic heterocycles. The fourth-order valence-corrected chi connectivity index (χ4v) is 1.68. The first-order chi connectivity index (χ1) is 10.2. The lowest BCUT2D eigenvalue weighted by molar-refractivity contribution is -0.383. The highest BCUT2D eigenvalue weighted by molar-refractivity contribution is 5.73. The quantitative estimate of drug-likeness (QED) is 0.425. The third kappa shape index (κ3) is 3.20. The first-order valence-corrected chi connectivity index (χ1v) is 5.84. The van der Waals surface area contributed by atoms with Crippen LogP contribution in [0.3, 0.4) is 0 Å². The molecule has 0 amide bonds. The Morgan fingerprint density at radius 2 is 1.95 bits per heavy atom. The van der Waals surface area contributed by atoms with Crippen molar-refractivity contribution in [3.05, 3.63) is 46.3 Å². The standard InChI is InChI=1S/C12H11N7O2/c13-6-5-8-1-3-9(4-2-8)17-11-10(19(20)21)12(18-14)16-7-15-11/h1-4,7H,5,14H2,(H2,15,16,17,18). The van der Waals surface area contributed by atoms with Crippen LogP contribution in [0.4, 0.5) is 23.0 Å². The molecular weight excluding hydrogens is 274 g/mol. The summed E-state index contributed by atoms with van der Waals surface area (Å²) in [6.07, 6.45) is 1.46. The highest BCUT2D eigenvalue weighted by Gasteiger charge is 2.22. The van der Waals surface area contributed by atoms with Crippen LogP contribution in [0.5, 0.6) is 0 Å². The van der Waals surface area contributed by atoms with Gasteiger partial charge in [-0.25, -0.2) is 15.8 Å². The molecule has 0 radical (unpaired) electrons. The summed E-state index contributed by atoms with van der Waals surface area (Å²) in [5, 5.41) is 22.5. The highest BCUT2D eigenvalue weighted by Crippen LogP contribution is 2.30. The number of rotatable bonds is 5. The van der Waals surface area contributed by atoms with Gasteiger partial charge in [-0.1, -0.05) is 12.1 Å². The maximum Gasteiger partial charge on any atom is 0.354 e. The van der Waals surface area contributed by atoms with Gasteiger partial charge in [-0.05, 0) is 17.7 Å². The molecule has 0 unspecified atom stereocenters. The Morgan fingerprint density at radius 3 is 2.52 bits per heavy atom. The first kappa shape index (κ1) is 14.2. The molecule has 9 heteroatoms. The van der Waals surface area contributed by atoms with E-state index in [-0.39, 0.29) is 17.3 Å². The monoisotopic (exact) mass is 285 g/mol. The molecule has 0 fully saturated rings. The van der Waals surface area contributed by atoms with Gasteiger partial charge in [-0.3, -0.25) is 10.1 Å². The number of nitro groups is 1. The molecule has 1 aromatic heterocycles. The molecule has 1 heterocycles. The van der Waals surface area contributed by atoms with E-state index in [9.17, 15) is 10.1 Å². The van der Waals surface area contributed by atoms with Crippen molar-refractivity contribution in [1.82, 2.24) is 9.97 Å². The van der Waals surface area contributed by atoms with Gasteiger partial charge in [0.15, 0.2) is 0 Å². The van der Waals surface area contributed by atoms with Crippen LogP contribution in [0, 0.1) is 21.4 Å². The van der Waals surface area contributed by atoms with Crippen molar-refractivity contribution >= 4 is 23.0 Å². The summed E-state index contributed by atoms with van der Waals surface area (Å²) < 4.78 is 0. The second-order valence-electron chi connectivity index (χ2n) is 3.98. The Labute approximate surface area is 119 Å². The third-order valence-corrected chi connectivity index (χ3v) is 2.64. The lowest BCUT2D eigenvalue weighted by Gasteiger charge is -2.08. The van der Waals surface area contributed by atoms with Crippen molar-refractivity contribution in [2.75, 3.05) is 10.7 Å². The number of benzene rings is 1. The van der Waals surface area contributed by atoms with Crippen LogP contribution in [-0.4, -0.2) is 14.9 Å². The predicted octanol–water partition coefficient (Wildman–Crippen LogP) is 1.48. The average Bonchev–Trinajstić information content (AvgIpc) is 2.49. The van der Waals surface area contributed by atoms with Crippen LogP contribution < -0.4 is 16.6 Å².